The summed E-state index contributed by atoms with van der Waals surface area (Å²) in [6, 6.07) is 8.03. The Labute approximate surface area is 265 Å². The molecule has 1 amide bonds. The summed E-state index contributed by atoms with van der Waals surface area (Å²) >= 11 is 0. The lowest BCUT2D eigenvalue weighted by molar-refractivity contribution is -0.138. The molecule has 47 heavy (non-hydrogen) atoms. The predicted molar refractivity (Wildman–Crippen MR) is 157 cm³/mol. The summed E-state index contributed by atoms with van der Waals surface area (Å²) in [7, 11) is 0. The fourth-order valence-electron chi connectivity index (χ4n) is 5.81. The summed E-state index contributed by atoms with van der Waals surface area (Å²) in [6.07, 6.45) is -4.48. The number of phenolic OH excluding ortho intramolecular Hbond substituents is 1. The number of phenols is 1. The van der Waals surface area contributed by atoms with Crippen LogP contribution in [0.5, 0.6) is 11.6 Å². The highest BCUT2D eigenvalue weighted by Gasteiger charge is 2.38. The molecule has 5 rings (SSSR count). The molecule has 3 heterocycles. The Bertz CT molecular complexity index is 1590. The van der Waals surface area contributed by atoms with Crippen LogP contribution in [0.4, 0.5) is 37.8 Å². The Morgan fingerprint density at radius 1 is 0.957 bits per heavy atom. The normalized spacial score (nSPS) is 16.5. The van der Waals surface area contributed by atoms with Gasteiger partial charge >= 0.3 is 18.3 Å². The molecule has 1 unspecified atom stereocenters. The van der Waals surface area contributed by atoms with E-state index in [2.05, 4.69) is 9.97 Å². The number of alkyl halides is 6. The molecule has 252 valence electrons. The van der Waals surface area contributed by atoms with Crippen LogP contribution in [0, 0.1) is 11.8 Å². The van der Waals surface area contributed by atoms with Crippen LogP contribution in [0.15, 0.2) is 54.9 Å². The molecule has 1 saturated heterocycles. The molecule has 2 fully saturated rings. The monoisotopic (exact) mass is 666 g/mol. The van der Waals surface area contributed by atoms with Gasteiger partial charge in [0.15, 0.2) is 0 Å². The van der Waals surface area contributed by atoms with Gasteiger partial charge in [-0.25, -0.2) is 9.97 Å². The highest BCUT2D eigenvalue weighted by Crippen LogP contribution is 2.45. The van der Waals surface area contributed by atoms with Gasteiger partial charge in [0, 0.05) is 37.6 Å². The number of hydrogen-bond acceptors (Lipinski definition) is 7. The van der Waals surface area contributed by atoms with Crippen molar-refractivity contribution in [2.24, 2.45) is 11.8 Å². The number of benzene rings is 1. The summed E-state index contributed by atoms with van der Waals surface area (Å²) in [4.78, 5) is 34.7. The third kappa shape index (κ3) is 8.83. The first-order valence-corrected chi connectivity index (χ1v) is 15.0. The number of amides is 1. The molecule has 1 aliphatic carbocycles. The zero-order chi connectivity index (χ0) is 33.9. The van der Waals surface area contributed by atoms with Crippen LogP contribution in [0.1, 0.15) is 59.5 Å². The van der Waals surface area contributed by atoms with Crippen molar-refractivity contribution in [2.45, 2.75) is 50.4 Å². The Balaban J connectivity index is 1.28. The number of rotatable bonds is 11. The van der Waals surface area contributed by atoms with Gasteiger partial charge in [0.25, 0.3) is 5.91 Å². The summed E-state index contributed by atoms with van der Waals surface area (Å²) in [5, 5.41) is 19.5. The minimum atomic E-state index is -4.95. The molecule has 1 aromatic carbocycles. The van der Waals surface area contributed by atoms with Gasteiger partial charge in [-0.05, 0) is 79.3 Å². The van der Waals surface area contributed by atoms with Gasteiger partial charge in [0.1, 0.15) is 18.1 Å². The standard InChI is InChI=1S/C32H32F6N4O5/c33-31(34,35)18-42(27-14-22(6-10-39-27)32(36,37)38)30(46)24-4-3-23(43)15-26(24)41-11-7-19(8-12-41)17-47-28-13-21(5-9-40-28)25(16-29(44)45)20-1-2-20/h3-6,9-10,13-15,19-20,25,43H,1-2,7-8,11-12,16-18H2,(H,44,45). The highest BCUT2D eigenvalue weighted by atomic mass is 19.4. The number of aliphatic carboxylic acids is 1. The number of halogens is 6. The van der Waals surface area contributed by atoms with Crippen LogP contribution in [0.2, 0.25) is 0 Å². The molecule has 2 aliphatic rings. The zero-order valence-corrected chi connectivity index (χ0v) is 25.0. The zero-order valence-electron chi connectivity index (χ0n) is 25.0. The minimum Gasteiger partial charge on any atom is -0.508 e. The number of aromatic hydroxyl groups is 1. The van der Waals surface area contributed by atoms with Crippen molar-refractivity contribution in [3.05, 3.63) is 71.5 Å². The maximum absolute atomic E-state index is 13.6. The van der Waals surface area contributed by atoms with E-state index in [1.807, 2.05) is 0 Å². The molecule has 0 spiro atoms. The third-order valence-electron chi connectivity index (χ3n) is 8.34. The molecule has 1 aliphatic heterocycles. The number of anilines is 2. The lowest BCUT2D eigenvalue weighted by Crippen LogP contribution is -2.41. The second kappa shape index (κ2) is 13.7. The number of ether oxygens (including phenoxy) is 1. The van der Waals surface area contributed by atoms with Crippen molar-refractivity contribution in [1.29, 1.82) is 0 Å². The van der Waals surface area contributed by atoms with Gasteiger partial charge < -0.3 is 19.8 Å². The number of aromatic nitrogens is 2. The smallest absolute Gasteiger partial charge is 0.416 e. The number of nitrogens with zero attached hydrogens (tertiary/aromatic N) is 4. The van der Waals surface area contributed by atoms with Crippen molar-refractivity contribution in [3.8, 4) is 11.6 Å². The molecular formula is C32H32F6N4O5. The molecular weight excluding hydrogens is 634 g/mol. The maximum Gasteiger partial charge on any atom is 0.416 e. The number of carboxylic acids is 1. The lowest BCUT2D eigenvalue weighted by atomic mass is 9.92. The average Bonchev–Trinajstić information content (AvgIpc) is 3.86. The van der Waals surface area contributed by atoms with Gasteiger partial charge in [0.2, 0.25) is 5.88 Å². The van der Waals surface area contributed by atoms with E-state index in [4.69, 9.17) is 4.74 Å². The van der Waals surface area contributed by atoms with Crippen LogP contribution in [0.25, 0.3) is 0 Å². The SMILES string of the molecule is O=C(O)CC(c1ccnc(OCC2CCN(c3cc(O)ccc3C(=O)N(CC(F)(F)F)c3cc(C(F)(F)F)ccn3)CC2)c1)C1CC1. The fraction of sp³-hybridized carbons (Fsp3) is 0.438. The quantitative estimate of drug-likeness (QED) is 0.218. The summed E-state index contributed by atoms with van der Waals surface area (Å²) in [5.41, 5.74) is -0.515. The summed E-state index contributed by atoms with van der Waals surface area (Å²) in [6.45, 7) is -0.903. The van der Waals surface area contributed by atoms with Crippen LogP contribution in [0.3, 0.4) is 0 Å². The van der Waals surface area contributed by atoms with Crippen molar-refractivity contribution < 1.29 is 50.9 Å². The largest absolute Gasteiger partial charge is 0.508 e. The van der Waals surface area contributed by atoms with Crippen LogP contribution >= 0.6 is 0 Å². The van der Waals surface area contributed by atoms with Crippen molar-refractivity contribution in [2.75, 3.05) is 36.0 Å². The predicted octanol–water partition coefficient (Wildman–Crippen LogP) is 6.67. The van der Waals surface area contributed by atoms with E-state index in [9.17, 15) is 46.1 Å². The van der Waals surface area contributed by atoms with Gasteiger partial charge in [-0.2, -0.15) is 26.3 Å². The van der Waals surface area contributed by atoms with Crippen LogP contribution in [-0.2, 0) is 11.0 Å². The molecule has 0 radical (unpaired) electrons. The highest BCUT2D eigenvalue weighted by molar-refractivity contribution is 6.09. The Morgan fingerprint density at radius 3 is 2.30 bits per heavy atom. The van der Waals surface area contributed by atoms with Crippen LogP contribution in [-0.4, -0.2) is 64.5 Å². The number of hydrogen-bond donors (Lipinski definition) is 2. The second-order valence-corrected chi connectivity index (χ2v) is 11.8. The first-order chi connectivity index (χ1) is 22.2. The van der Waals surface area contributed by atoms with Gasteiger partial charge in [-0.1, -0.05) is 0 Å². The van der Waals surface area contributed by atoms with Gasteiger partial charge in [0.05, 0.1) is 29.8 Å². The number of pyridine rings is 2. The molecule has 0 bridgehead atoms. The van der Waals surface area contributed by atoms with E-state index in [0.29, 0.717) is 62.7 Å². The third-order valence-corrected chi connectivity index (χ3v) is 8.34. The second-order valence-electron chi connectivity index (χ2n) is 11.8. The molecule has 9 nitrogen and oxygen atoms in total. The average molecular weight is 667 g/mol. The lowest BCUT2D eigenvalue weighted by Gasteiger charge is -2.35. The molecule has 3 aromatic rings. The summed E-state index contributed by atoms with van der Waals surface area (Å²) < 4.78 is 86.7. The Kier molecular flexibility index (Phi) is 9.82. The Hall–Kier alpha value is -4.56. The first-order valence-electron chi connectivity index (χ1n) is 15.0. The number of carbonyl (C=O) groups excluding carboxylic acids is 1. The molecule has 15 heteroatoms. The van der Waals surface area contributed by atoms with Crippen molar-refractivity contribution >= 4 is 23.4 Å². The molecule has 2 N–H and O–H groups in total. The maximum atomic E-state index is 13.6. The number of carboxylic acid groups (broad SMARTS) is 1. The van der Waals surface area contributed by atoms with E-state index in [1.165, 1.54) is 6.07 Å². The van der Waals surface area contributed by atoms with Gasteiger partial charge in [-0.3, -0.25) is 14.5 Å². The van der Waals surface area contributed by atoms with E-state index < -0.39 is 42.2 Å². The molecule has 1 atom stereocenters. The first kappa shape index (κ1) is 33.8. The number of carbonyl (C=O) groups is 2. The van der Waals surface area contributed by atoms with E-state index >= 15 is 0 Å². The molecule has 1 saturated carbocycles. The van der Waals surface area contributed by atoms with Crippen LogP contribution < -0.4 is 14.5 Å². The van der Waals surface area contributed by atoms with E-state index in [-0.39, 0.29) is 40.2 Å². The van der Waals surface area contributed by atoms with E-state index in [0.717, 1.165) is 30.5 Å². The fourth-order valence-corrected chi connectivity index (χ4v) is 5.81. The summed E-state index contributed by atoms with van der Waals surface area (Å²) in [5.74, 6) is -2.55. The van der Waals surface area contributed by atoms with E-state index in [1.54, 1.807) is 23.2 Å². The van der Waals surface area contributed by atoms with Crippen molar-refractivity contribution in [3.63, 3.8) is 0 Å². The topological polar surface area (TPSA) is 116 Å². The Morgan fingerprint density at radius 2 is 1.66 bits per heavy atom. The van der Waals surface area contributed by atoms with Crippen molar-refractivity contribution in [1.82, 2.24) is 9.97 Å². The molecule has 2 aromatic heterocycles. The van der Waals surface area contributed by atoms with Gasteiger partial charge in [-0.15, -0.1) is 0 Å². The number of piperidine rings is 1. The minimum absolute atomic E-state index is 0.0243.